The maximum Gasteiger partial charge on any atom is 0.260 e. The largest absolute Gasteiger partial charge is 0.394 e. The van der Waals surface area contributed by atoms with E-state index in [1.54, 1.807) is 10.9 Å². The highest BCUT2D eigenvalue weighted by molar-refractivity contribution is 5.83. The van der Waals surface area contributed by atoms with Crippen LogP contribution in [-0.4, -0.2) is 70.2 Å². The molecule has 0 aliphatic heterocycles. The van der Waals surface area contributed by atoms with Crippen LogP contribution in [0.1, 0.15) is 0 Å². The van der Waals surface area contributed by atoms with Crippen LogP contribution in [0.15, 0.2) is 6.33 Å². The molecule has 0 spiro atoms. The highest BCUT2D eigenvalue weighted by atomic mass is 16.5. The van der Waals surface area contributed by atoms with Crippen LogP contribution in [0.4, 0.5) is 11.8 Å². The molecule has 0 aliphatic carbocycles. The van der Waals surface area contributed by atoms with Crippen LogP contribution in [-0.2, 0) is 11.5 Å². The fourth-order valence-electron chi connectivity index (χ4n) is 1.86. The van der Waals surface area contributed by atoms with E-state index < -0.39 is 6.10 Å². The van der Waals surface area contributed by atoms with Gasteiger partial charge >= 0.3 is 0 Å². The van der Waals surface area contributed by atoms with E-state index in [1.165, 1.54) is 0 Å². The van der Waals surface area contributed by atoms with Gasteiger partial charge in [-0.3, -0.25) is 9.05 Å². The van der Waals surface area contributed by atoms with E-state index >= 15 is 0 Å². The van der Waals surface area contributed by atoms with Crippen LogP contribution in [0, 0.1) is 0 Å². The van der Waals surface area contributed by atoms with E-state index in [1.807, 2.05) is 21.1 Å². The van der Waals surface area contributed by atoms with Crippen LogP contribution < -0.4 is 10.2 Å². The third kappa shape index (κ3) is 3.27. The predicted octanol–water partition coefficient (Wildman–Crippen LogP) is -1.07. The van der Waals surface area contributed by atoms with Crippen molar-refractivity contribution in [2.24, 2.45) is 0 Å². The summed E-state index contributed by atoms with van der Waals surface area (Å²) in [5, 5.41) is 18.0. The molecule has 0 fully saturated rings. The molecule has 9 nitrogen and oxygen atoms in total. The lowest BCUT2D eigenvalue weighted by Gasteiger charge is -2.22. The van der Waals surface area contributed by atoms with Gasteiger partial charge in [0.1, 0.15) is 12.8 Å². The van der Waals surface area contributed by atoms with Crippen LogP contribution in [0.25, 0.3) is 11.2 Å². The third-order valence-electron chi connectivity index (χ3n) is 2.95. The van der Waals surface area contributed by atoms with Gasteiger partial charge in [0.15, 0.2) is 11.2 Å². The first kappa shape index (κ1) is 15.6. The minimum atomic E-state index is -0.639. The first-order valence-corrected chi connectivity index (χ1v) is 6.50. The molecule has 0 amide bonds. The molecule has 0 aliphatic rings. The van der Waals surface area contributed by atoms with Gasteiger partial charge < -0.3 is 20.7 Å². The summed E-state index contributed by atoms with van der Waals surface area (Å²) in [6.45, 7) is -0.413. The third-order valence-corrected chi connectivity index (χ3v) is 2.95. The molecule has 21 heavy (non-hydrogen) atoms. The average molecular weight is 297 g/mol. The van der Waals surface area contributed by atoms with Gasteiger partial charge in [-0.2, -0.15) is 9.97 Å². The van der Waals surface area contributed by atoms with E-state index in [0.29, 0.717) is 21.5 Å². The number of quaternary nitrogens is 1. The molecule has 2 rings (SSSR count). The Morgan fingerprint density at radius 2 is 1.95 bits per heavy atom. The lowest BCUT2D eigenvalue weighted by Crippen LogP contribution is -2.36. The van der Waals surface area contributed by atoms with E-state index in [2.05, 4.69) is 15.0 Å². The molecule has 4 N–H and O–H groups in total. The summed E-state index contributed by atoms with van der Waals surface area (Å²) in [6, 6.07) is 0. The summed E-state index contributed by atoms with van der Waals surface area (Å²) < 4.78 is 7.49. The number of aliphatic hydroxyl groups excluding tert-OH is 2. The minimum Gasteiger partial charge on any atom is -0.394 e. The zero-order valence-electron chi connectivity index (χ0n) is 12.4. The van der Waals surface area contributed by atoms with Crippen molar-refractivity contribution in [2.75, 3.05) is 40.1 Å². The Morgan fingerprint density at radius 1 is 1.29 bits per heavy atom. The summed E-state index contributed by atoms with van der Waals surface area (Å²) in [6.07, 6.45) is 0.934. The molecule has 0 bridgehead atoms. The Morgan fingerprint density at radius 3 is 2.52 bits per heavy atom. The molecule has 0 aromatic carbocycles. The fourth-order valence-corrected chi connectivity index (χ4v) is 1.86. The van der Waals surface area contributed by atoms with Gasteiger partial charge in [0.05, 0.1) is 40.7 Å². The molecule has 0 unspecified atom stereocenters. The van der Waals surface area contributed by atoms with Crippen LogP contribution in [0.2, 0.25) is 0 Å². The molecule has 0 saturated heterocycles. The first-order valence-electron chi connectivity index (χ1n) is 6.50. The lowest BCUT2D eigenvalue weighted by molar-refractivity contribution is -0.0488. The number of aliphatic hydroxyl groups is 2. The van der Waals surface area contributed by atoms with Crippen molar-refractivity contribution in [1.82, 2.24) is 24.0 Å². The van der Waals surface area contributed by atoms with E-state index in [-0.39, 0.29) is 25.9 Å². The van der Waals surface area contributed by atoms with Crippen LogP contribution >= 0.6 is 0 Å². The number of nitrogens with zero attached hydrogens (tertiary/aromatic N) is 5. The Bertz CT molecular complexity index is 617. The SMILES string of the molecule is C[N+](C)(C)c1nc(N)nc2c1ncn2COC(CO)CO. The molecular weight excluding hydrogens is 276 g/mol. The zero-order valence-corrected chi connectivity index (χ0v) is 12.4. The number of nitrogens with two attached hydrogens (primary N) is 1. The minimum absolute atomic E-state index is 0.106. The topological polar surface area (TPSA) is 119 Å². The summed E-state index contributed by atoms with van der Waals surface area (Å²) in [5.74, 6) is 0.866. The van der Waals surface area contributed by atoms with Gasteiger partial charge in [0, 0.05) is 0 Å². The van der Waals surface area contributed by atoms with Crippen molar-refractivity contribution in [1.29, 1.82) is 0 Å². The zero-order chi connectivity index (χ0) is 15.6. The smallest absolute Gasteiger partial charge is 0.260 e. The number of hydrogen-bond donors (Lipinski definition) is 3. The van der Waals surface area contributed by atoms with E-state index in [9.17, 15) is 0 Å². The number of fused-ring (bicyclic) bond motifs is 1. The normalized spacial score (nSPS) is 12.5. The quantitative estimate of drug-likeness (QED) is 0.581. The average Bonchev–Trinajstić information content (AvgIpc) is 2.81. The molecule has 0 saturated carbocycles. The summed E-state index contributed by atoms with van der Waals surface area (Å²) >= 11 is 0. The number of hydrogen-bond acceptors (Lipinski definition) is 7. The van der Waals surface area contributed by atoms with Crippen molar-refractivity contribution >= 4 is 22.9 Å². The Kier molecular flexibility index (Phi) is 4.37. The number of nitrogen functional groups attached to an aromatic ring is 1. The van der Waals surface area contributed by atoms with Gasteiger partial charge in [-0.05, 0) is 0 Å². The molecule has 116 valence electrons. The van der Waals surface area contributed by atoms with Crippen molar-refractivity contribution in [3.63, 3.8) is 0 Å². The monoisotopic (exact) mass is 297 g/mol. The number of ether oxygens (including phenoxy) is 1. The molecule has 2 heterocycles. The molecular formula is C12H21N6O3+. The molecule has 2 aromatic rings. The highest BCUT2D eigenvalue weighted by Gasteiger charge is 2.23. The summed E-state index contributed by atoms with van der Waals surface area (Å²) in [5.41, 5.74) is 6.96. The second-order valence-electron chi connectivity index (χ2n) is 5.59. The Labute approximate surface area is 122 Å². The highest BCUT2D eigenvalue weighted by Crippen LogP contribution is 2.25. The number of imidazole rings is 1. The van der Waals surface area contributed by atoms with E-state index in [4.69, 9.17) is 20.7 Å². The van der Waals surface area contributed by atoms with Gasteiger partial charge in [-0.25, -0.2) is 4.98 Å². The Balaban J connectivity index is 2.37. The maximum absolute atomic E-state index is 9.00. The summed E-state index contributed by atoms with van der Waals surface area (Å²) in [7, 11) is 5.89. The van der Waals surface area contributed by atoms with Crippen molar-refractivity contribution < 1.29 is 14.9 Å². The van der Waals surface area contributed by atoms with Gasteiger partial charge in [0.2, 0.25) is 5.95 Å². The van der Waals surface area contributed by atoms with Gasteiger partial charge in [0.25, 0.3) is 5.82 Å². The standard InChI is InChI=1S/C12H21N6O3/c1-18(2,3)11-9-10(15-12(13)16-11)17(6-14-9)7-21-8(4-19)5-20/h6,8,19-20H,4-5,7H2,1-3H3,(H2,13,15,16)/q+1. The maximum atomic E-state index is 9.00. The van der Waals surface area contributed by atoms with Crippen molar-refractivity contribution in [3.8, 4) is 0 Å². The molecule has 9 heteroatoms. The second kappa shape index (κ2) is 5.90. The van der Waals surface area contributed by atoms with Crippen LogP contribution in [0.5, 0.6) is 0 Å². The van der Waals surface area contributed by atoms with Gasteiger partial charge in [-0.15, -0.1) is 0 Å². The number of rotatable bonds is 6. The molecule has 0 atom stereocenters. The lowest BCUT2D eigenvalue weighted by atomic mass is 10.4. The molecule has 0 radical (unpaired) electrons. The number of aromatic nitrogens is 4. The predicted molar refractivity (Wildman–Crippen MR) is 78.3 cm³/mol. The second-order valence-corrected chi connectivity index (χ2v) is 5.59. The fraction of sp³-hybridized carbons (Fsp3) is 0.583. The Hall–Kier alpha value is -1.81. The van der Waals surface area contributed by atoms with Crippen molar-refractivity contribution in [3.05, 3.63) is 6.33 Å². The van der Waals surface area contributed by atoms with Gasteiger partial charge in [-0.1, -0.05) is 0 Å². The van der Waals surface area contributed by atoms with Crippen LogP contribution in [0.3, 0.4) is 0 Å². The van der Waals surface area contributed by atoms with Crippen molar-refractivity contribution in [2.45, 2.75) is 12.8 Å². The van der Waals surface area contributed by atoms with E-state index in [0.717, 1.165) is 0 Å². The molecule has 2 aromatic heterocycles. The first-order chi connectivity index (χ1) is 9.86. The summed E-state index contributed by atoms with van der Waals surface area (Å²) in [4.78, 5) is 12.8. The number of anilines is 1.